The van der Waals surface area contributed by atoms with E-state index in [1.807, 2.05) is 123 Å². The first-order valence-electron chi connectivity index (χ1n) is 24.8. The second-order valence-electron chi connectivity index (χ2n) is 20.9. The minimum absolute atomic E-state index is 0.233. The molecule has 0 amide bonds. The number of ether oxygens (including phenoxy) is 3. The van der Waals surface area contributed by atoms with Crippen LogP contribution in [0.4, 0.5) is 25.8 Å². The van der Waals surface area contributed by atoms with E-state index < -0.39 is 22.9 Å². The van der Waals surface area contributed by atoms with Gasteiger partial charge in [-0.25, -0.2) is 19.0 Å². The summed E-state index contributed by atoms with van der Waals surface area (Å²) in [6.07, 6.45) is 13.9. The average Bonchev–Trinajstić information content (AvgIpc) is 4.06. The number of carbonyl (C=O) groups is 3. The SMILES string of the molecule is C1CCNCC1.CC(C)(C)OC(=O)n1c(O[B]O)cc2c(N3CCCCC3)cccc21.CC(C)(C)OC(=O)n1ccc2c(Br)cccc21.CC(C)(C)OC(=O)n1ccc2c(N3CCCCC3)cccc21. The zero-order valence-corrected chi connectivity index (χ0v) is 44.3. The summed E-state index contributed by atoms with van der Waals surface area (Å²) >= 11 is 3.46. The highest BCUT2D eigenvalue weighted by molar-refractivity contribution is 9.10. The molecule has 9 rings (SSSR count). The van der Waals surface area contributed by atoms with Gasteiger partial charge in [0.2, 0.25) is 0 Å². The molecule has 2 N–H and O–H groups in total. The number of nitrogens with one attached hydrogen (secondary N) is 1. The molecule has 0 spiro atoms. The largest absolute Gasteiger partial charge is 0.570 e. The van der Waals surface area contributed by atoms with Crippen LogP contribution in [0.1, 0.15) is 120 Å². The van der Waals surface area contributed by atoms with Gasteiger partial charge in [-0.3, -0.25) is 9.13 Å². The molecule has 3 aliphatic rings. The molecule has 3 saturated heterocycles. The minimum Gasteiger partial charge on any atom is -0.524 e. The maximum absolute atomic E-state index is 12.7. The first-order valence-corrected chi connectivity index (χ1v) is 25.6. The maximum atomic E-state index is 12.7. The molecule has 377 valence electrons. The van der Waals surface area contributed by atoms with Crippen molar-refractivity contribution in [1.29, 1.82) is 0 Å². The van der Waals surface area contributed by atoms with Gasteiger partial charge in [-0.15, -0.1) is 0 Å². The van der Waals surface area contributed by atoms with Crippen LogP contribution in [0.5, 0.6) is 5.88 Å². The minimum atomic E-state index is -0.627. The van der Waals surface area contributed by atoms with Gasteiger partial charge in [-0.05, 0) is 175 Å². The van der Waals surface area contributed by atoms with Crippen molar-refractivity contribution < 1.29 is 38.3 Å². The first kappa shape index (κ1) is 53.9. The zero-order chi connectivity index (χ0) is 50.6. The van der Waals surface area contributed by atoms with Gasteiger partial charge in [0, 0.05) is 76.6 Å². The second-order valence-corrected chi connectivity index (χ2v) is 21.7. The van der Waals surface area contributed by atoms with Crippen LogP contribution in [0, 0.1) is 0 Å². The normalized spacial score (nSPS) is 15.4. The highest BCUT2D eigenvalue weighted by Crippen LogP contribution is 2.35. The predicted molar refractivity (Wildman–Crippen MR) is 286 cm³/mol. The molecule has 0 atom stereocenters. The van der Waals surface area contributed by atoms with Crippen molar-refractivity contribution in [3.05, 3.63) is 89.7 Å². The van der Waals surface area contributed by atoms with Crippen LogP contribution < -0.4 is 19.8 Å². The molecule has 0 aliphatic carbocycles. The van der Waals surface area contributed by atoms with Gasteiger partial charge in [0.05, 0.1) is 16.6 Å². The van der Waals surface area contributed by atoms with Crippen molar-refractivity contribution in [2.24, 2.45) is 0 Å². The smallest absolute Gasteiger partial charge is 0.524 e. The average molecular weight is 1020 g/mol. The Kier molecular flexibility index (Phi) is 18.6. The molecule has 6 heterocycles. The molecule has 0 bridgehead atoms. The van der Waals surface area contributed by atoms with Crippen LogP contribution in [0.25, 0.3) is 32.7 Å². The van der Waals surface area contributed by atoms with Crippen molar-refractivity contribution in [3.8, 4) is 5.88 Å². The Hall–Kier alpha value is -5.45. The van der Waals surface area contributed by atoms with Crippen LogP contribution >= 0.6 is 15.9 Å². The van der Waals surface area contributed by atoms with E-state index in [2.05, 4.69) is 43.2 Å². The second kappa shape index (κ2) is 24.1. The summed E-state index contributed by atoms with van der Waals surface area (Å²) in [5, 5.41) is 15.4. The van der Waals surface area contributed by atoms with E-state index in [0.717, 1.165) is 76.4 Å². The molecule has 0 saturated carbocycles. The molecule has 6 aromatic rings. The first-order chi connectivity index (χ1) is 33.2. The fourth-order valence-corrected chi connectivity index (χ4v) is 9.16. The summed E-state index contributed by atoms with van der Waals surface area (Å²) in [5.41, 5.74) is 3.15. The van der Waals surface area contributed by atoms with Gasteiger partial charge in [0.1, 0.15) is 16.8 Å². The highest BCUT2D eigenvalue weighted by atomic mass is 79.9. The third-order valence-corrected chi connectivity index (χ3v) is 12.4. The summed E-state index contributed by atoms with van der Waals surface area (Å²) in [6, 6.07) is 23.4. The number of hydrogen-bond donors (Lipinski definition) is 2. The van der Waals surface area contributed by atoms with Crippen LogP contribution in [-0.4, -0.2) is 101 Å². The van der Waals surface area contributed by atoms with Crippen molar-refractivity contribution in [2.45, 2.75) is 137 Å². The van der Waals surface area contributed by atoms with Crippen LogP contribution in [0.2, 0.25) is 0 Å². The molecular weight excluding hydrogens is 951 g/mol. The lowest BCUT2D eigenvalue weighted by atomic mass is 10.1. The third kappa shape index (κ3) is 14.8. The van der Waals surface area contributed by atoms with Crippen molar-refractivity contribution in [2.75, 3.05) is 49.1 Å². The molecule has 3 aromatic carbocycles. The topological polar surface area (TPSA) is 142 Å². The maximum Gasteiger partial charge on any atom is 0.570 e. The number of nitrogens with zero attached hydrogens (tertiary/aromatic N) is 5. The number of rotatable bonds is 4. The molecule has 1 radical (unpaired) electrons. The van der Waals surface area contributed by atoms with E-state index in [1.54, 1.807) is 16.8 Å². The monoisotopic (exact) mass is 1020 g/mol. The van der Waals surface area contributed by atoms with Crippen LogP contribution in [-0.2, 0) is 14.2 Å². The summed E-state index contributed by atoms with van der Waals surface area (Å²) in [5.74, 6) is 0.233. The number of anilines is 2. The fraction of sp³-hybridized carbons (Fsp3) is 0.500. The third-order valence-electron chi connectivity index (χ3n) is 11.7. The summed E-state index contributed by atoms with van der Waals surface area (Å²) in [4.78, 5) is 41.7. The quantitative estimate of drug-likeness (QED) is 0.129. The summed E-state index contributed by atoms with van der Waals surface area (Å²) in [6.45, 7) is 23.3. The van der Waals surface area contributed by atoms with E-state index in [1.165, 1.54) is 72.9 Å². The van der Waals surface area contributed by atoms with Gasteiger partial charge in [-0.1, -0.05) is 40.5 Å². The Morgan fingerprint density at radius 2 is 0.971 bits per heavy atom. The van der Waals surface area contributed by atoms with E-state index in [9.17, 15) is 14.4 Å². The molecule has 14 nitrogen and oxygen atoms in total. The van der Waals surface area contributed by atoms with Crippen molar-refractivity contribution >= 4 is 86.0 Å². The molecule has 3 fully saturated rings. The molecule has 3 aromatic heterocycles. The van der Waals surface area contributed by atoms with Gasteiger partial charge < -0.3 is 39.0 Å². The molecule has 70 heavy (non-hydrogen) atoms. The van der Waals surface area contributed by atoms with Crippen molar-refractivity contribution in [3.63, 3.8) is 0 Å². The van der Waals surface area contributed by atoms with Crippen molar-refractivity contribution in [1.82, 2.24) is 19.0 Å². The molecule has 3 aliphatic heterocycles. The number of piperidine rings is 3. The zero-order valence-electron chi connectivity index (χ0n) is 42.7. The number of aromatic nitrogens is 3. The summed E-state index contributed by atoms with van der Waals surface area (Å²) in [7, 11) is 0.579. The number of hydrogen-bond acceptors (Lipinski definition) is 11. The van der Waals surface area contributed by atoms with Crippen LogP contribution in [0.15, 0.2) is 89.7 Å². The fourth-order valence-electron chi connectivity index (χ4n) is 8.67. The van der Waals surface area contributed by atoms with Gasteiger partial charge in [-0.2, -0.15) is 0 Å². The lowest BCUT2D eigenvalue weighted by molar-refractivity contribution is 0.0527. The number of carbonyl (C=O) groups excluding carboxylic acids is 3. The standard InChI is InChI=1S/C18H24BN2O4.C18H24N2O2.C13H14BrNO2.C5H11N/c1-18(2,3)24-17(22)21-15-9-7-8-14(20-10-5-4-6-11-20)13(15)12-16(21)25-19-23;1-18(2,3)22-17(21)20-13-10-14-15(8-7-9-16(14)20)19-11-5-4-6-12-19;1-13(2,3)17-12(16)15-8-7-9-10(14)5-4-6-11(9)15;1-2-4-6-5-3-1/h7-9,12,23H,4-6,10-11H2,1-3H3;7-10,13H,4-6,11-12H2,1-3H3;4-8H,1-3H3;6H,1-5H2. The van der Waals surface area contributed by atoms with Crippen LogP contribution in [0.3, 0.4) is 0 Å². The van der Waals surface area contributed by atoms with E-state index >= 15 is 0 Å². The Morgan fingerprint density at radius 3 is 1.43 bits per heavy atom. The molecule has 16 heteroatoms. The Balaban J connectivity index is 0.000000164. The molecular formula is C54H73BBrN6O8. The number of benzene rings is 3. The number of fused-ring (bicyclic) bond motifs is 3. The lowest BCUT2D eigenvalue weighted by Crippen LogP contribution is -2.29. The Labute approximate surface area is 423 Å². The molecule has 0 unspecified atom stereocenters. The van der Waals surface area contributed by atoms with E-state index in [4.69, 9.17) is 23.9 Å². The van der Waals surface area contributed by atoms with Gasteiger partial charge >= 0.3 is 26.0 Å². The van der Waals surface area contributed by atoms with Gasteiger partial charge in [0.25, 0.3) is 0 Å². The van der Waals surface area contributed by atoms with Gasteiger partial charge in [0.15, 0.2) is 5.88 Å². The van der Waals surface area contributed by atoms with E-state index in [0.29, 0.717) is 13.2 Å². The predicted octanol–water partition coefficient (Wildman–Crippen LogP) is 12.7. The highest BCUT2D eigenvalue weighted by Gasteiger charge is 2.26. The summed E-state index contributed by atoms with van der Waals surface area (Å²) < 4.78 is 27.0. The van der Waals surface area contributed by atoms with E-state index in [-0.39, 0.29) is 18.1 Å². The number of halogens is 1. The lowest BCUT2D eigenvalue weighted by Gasteiger charge is -2.29. The Morgan fingerprint density at radius 1 is 0.543 bits per heavy atom. The Bertz CT molecular complexity index is 2660.